The lowest BCUT2D eigenvalue weighted by atomic mass is 9.91. The van der Waals surface area contributed by atoms with Crippen molar-refractivity contribution in [3.8, 4) is 5.75 Å². The maximum absolute atomic E-state index is 13.2. The average molecular weight is 389 g/mol. The van der Waals surface area contributed by atoms with Gasteiger partial charge in [0.15, 0.2) is 5.60 Å². The maximum Gasteiger partial charge on any atom is 0.335 e. The number of amides is 1. The molecule has 1 aliphatic rings. The standard InChI is InChI=1S/C18H23N5O5/c1-12-19-20-21-23(12)15(11-13-4-3-5-14(10-13)28-2)16(24)22-8-6-18(27,7-9-22)17(25)26/h3-5,10,15,27H,6-9,11H2,1-2H3,(H,25,26). The van der Waals surface area contributed by atoms with Crippen LogP contribution >= 0.6 is 0 Å². The molecule has 1 aromatic heterocycles. The van der Waals surface area contributed by atoms with Crippen LogP contribution in [0.25, 0.3) is 0 Å². The van der Waals surface area contributed by atoms with E-state index in [-0.39, 0.29) is 31.8 Å². The van der Waals surface area contributed by atoms with Gasteiger partial charge in [0.05, 0.1) is 7.11 Å². The number of aromatic nitrogens is 4. The van der Waals surface area contributed by atoms with Crippen LogP contribution in [0.15, 0.2) is 24.3 Å². The van der Waals surface area contributed by atoms with Crippen LogP contribution in [0.5, 0.6) is 5.75 Å². The molecule has 2 N–H and O–H groups in total. The Kier molecular flexibility index (Phi) is 5.59. The first-order valence-electron chi connectivity index (χ1n) is 8.96. The minimum absolute atomic E-state index is 0.0193. The van der Waals surface area contributed by atoms with Crippen molar-refractivity contribution in [2.24, 2.45) is 0 Å². The van der Waals surface area contributed by atoms with E-state index in [0.29, 0.717) is 18.0 Å². The molecule has 0 spiro atoms. The van der Waals surface area contributed by atoms with E-state index in [9.17, 15) is 14.7 Å². The number of methoxy groups -OCH3 is 1. The molecule has 28 heavy (non-hydrogen) atoms. The molecule has 150 valence electrons. The van der Waals surface area contributed by atoms with E-state index in [1.807, 2.05) is 24.3 Å². The van der Waals surface area contributed by atoms with Gasteiger partial charge >= 0.3 is 5.97 Å². The van der Waals surface area contributed by atoms with Crippen molar-refractivity contribution in [1.82, 2.24) is 25.1 Å². The molecule has 2 aromatic rings. The first-order chi connectivity index (χ1) is 13.3. The molecular weight excluding hydrogens is 366 g/mol. The molecule has 0 bridgehead atoms. The first kappa shape index (κ1) is 19.7. The van der Waals surface area contributed by atoms with E-state index in [0.717, 1.165) is 5.56 Å². The smallest absolute Gasteiger partial charge is 0.335 e. The number of carboxylic acid groups (broad SMARTS) is 1. The van der Waals surface area contributed by atoms with Gasteiger partial charge in [-0.3, -0.25) is 4.79 Å². The molecule has 1 amide bonds. The molecule has 1 saturated heterocycles. The lowest BCUT2D eigenvalue weighted by Gasteiger charge is -2.37. The lowest BCUT2D eigenvalue weighted by Crippen LogP contribution is -2.52. The molecule has 10 nitrogen and oxygen atoms in total. The molecule has 0 saturated carbocycles. The number of likely N-dealkylation sites (tertiary alicyclic amines) is 1. The van der Waals surface area contributed by atoms with Gasteiger partial charge in [-0.05, 0) is 35.0 Å². The number of tetrazole rings is 1. The quantitative estimate of drug-likeness (QED) is 0.717. The second-order valence-corrected chi connectivity index (χ2v) is 6.90. The highest BCUT2D eigenvalue weighted by atomic mass is 16.5. The van der Waals surface area contributed by atoms with E-state index >= 15 is 0 Å². The van der Waals surface area contributed by atoms with Gasteiger partial charge in [0.1, 0.15) is 17.6 Å². The number of ether oxygens (including phenoxy) is 1. The van der Waals surface area contributed by atoms with Crippen LogP contribution in [0, 0.1) is 6.92 Å². The van der Waals surface area contributed by atoms with E-state index in [1.165, 1.54) is 4.68 Å². The van der Waals surface area contributed by atoms with Crippen molar-refractivity contribution < 1.29 is 24.5 Å². The molecule has 0 aliphatic carbocycles. The van der Waals surface area contributed by atoms with Gasteiger partial charge in [0.25, 0.3) is 0 Å². The average Bonchev–Trinajstić information content (AvgIpc) is 3.12. The number of nitrogens with zero attached hydrogens (tertiary/aromatic N) is 5. The second-order valence-electron chi connectivity index (χ2n) is 6.90. The molecule has 0 radical (unpaired) electrons. The molecule has 1 fully saturated rings. The van der Waals surface area contributed by atoms with Gasteiger partial charge in [-0.15, -0.1) is 5.10 Å². The third-order valence-corrected chi connectivity index (χ3v) is 5.10. The molecule has 10 heteroatoms. The Morgan fingerprint density at radius 2 is 2.04 bits per heavy atom. The number of carboxylic acids is 1. The SMILES string of the molecule is COc1cccc(CC(C(=O)N2CCC(O)(C(=O)O)CC2)n2nnnc2C)c1. The van der Waals surface area contributed by atoms with Crippen LogP contribution in [0.1, 0.15) is 30.3 Å². The normalized spacial score (nSPS) is 17.2. The third kappa shape index (κ3) is 3.96. The highest BCUT2D eigenvalue weighted by Crippen LogP contribution is 2.26. The fourth-order valence-electron chi connectivity index (χ4n) is 3.35. The number of aryl methyl sites for hydroxylation is 1. The fourth-order valence-corrected chi connectivity index (χ4v) is 3.35. The number of rotatable bonds is 6. The predicted octanol–water partition coefficient (Wildman–Crippen LogP) is 0.212. The maximum atomic E-state index is 13.2. The van der Waals surface area contributed by atoms with E-state index in [1.54, 1.807) is 18.9 Å². The first-order valence-corrected chi connectivity index (χ1v) is 8.96. The zero-order chi connectivity index (χ0) is 20.3. The number of carbonyl (C=O) groups excluding carboxylic acids is 1. The Morgan fingerprint density at radius 3 is 2.61 bits per heavy atom. The summed E-state index contributed by atoms with van der Waals surface area (Å²) in [6.45, 7) is 2.01. The molecule has 3 rings (SSSR count). The number of aliphatic hydroxyl groups is 1. The van der Waals surface area contributed by atoms with Gasteiger partial charge in [-0.1, -0.05) is 12.1 Å². The molecule has 1 aliphatic heterocycles. The van der Waals surface area contributed by atoms with Crippen molar-refractivity contribution in [2.75, 3.05) is 20.2 Å². The fraction of sp³-hybridized carbons (Fsp3) is 0.500. The number of hydrogen-bond donors (Lipinski definition) is 2. The molecule has 1 aromatic carbocycles. The van der Waals surface area contributed by atoms with E-state index in [2.05, 4.69) is 15.5 Å². The van der Waals surface area contributed by atoms with Gasteiger partial charge in [0, 0.05) is 32.4 Å². The molecule has 2 heterocycles. The van der Waals surface area contributed by atoms with Crippen molar-refractivity contribution in [1.29, 1.82) is 0 Å². The van der Waals surface area contributed by atoms with Gasteiger partial charge in [-0.2, -0.15) is 0 Å². The Morgan fingerprint density at radius 1 is 1.32 bits per heavy atom. The zero-order valence-electron chi connectivity index (χ0n) is 15.8. The topological polar surface area (TPSA) is 131 Å². The van der Waals surface area contributed by atoms with Crippen LogP contribution in [0.2, 0.25) is 0 Å². The van der Waals surface area contributed by atoms with E-state index in [4.69, 9.17) is 9.84 Å². The van der Waals surface area contributed by atoms with Crippen molar-refractivity contribution in [3.05, 3.63) is 35.7 Å². The Labute approximate surface area is 161 Å². The van der Waals surface area contributed by atoms with Crippen LogP contribution in [-0.2, 0) is 16.0 Å². The summed E-state index contributed by atoms with van der Waals surface area (Å²) in [4.78, 5) is 26.0. The number of hydrogen-bond acceptors (Lipinski definition) is 7. The summed E-state index contributed by atoms with van der Waals surface area (Å²) in [5.74, 6) is -0.295. The summed E-state index contributed by atoms with van der Waals surface area (Å²) in [5, 5.41) is 30.8. The summed E-state index contributed by atoms with van der Waals surface area (Å²) in [6, 6.07) is 6.72. The number of aliphatic carboxylic acids is 1. The van der Waals surface area contributed by atoms with Crippen LogP contribution in [0.4, 0.5) is 0 Å². The summed E-state index contributed by atoms with van der Waals surface area (Å²) in [6.07, 6.45) is 0.310. The number of benzene rings is 1. The van der Waals surface area contributed by atoms with Crippen molar-refractivity contribution in [3.63, 3.8) is 0 Å². The summed E-state index contributed by atoms with van der Waals surface area (Å²) in [5.41, 5.74) is -0.907. The largest absolute Gasteiger partial charge is 0.497 e. The van der Waals surface area contributed by atoms with E-state index < -0.39 is 17.6 Å². The number of piperidine rings is 1. The summed E-state index contributed by atoms with van der Waals surface area (Å²) in [7, 11) is 1.57. The third-order valence-electron chi connectivity index (χ3n) is 5.10. The van der Waals surface area contributed by atoms with Crippen molar-refractivity contribution >= 4 is 11.9 Å². The minimum Gasteiger partial charge on any atom is -0.497 e. The van der Waals surface area contributed by atoms with Gasteiger partial charge < -0.3 is 19.8 Å². The van der Waals surface area contributed by atoms with Crippen LogP contribution < -0.4 is 4.74 Å². The van der Waals surface area contributed by atoms with Gasteiger partial charge in [0.2, 0.25) is 5.91 Å². The predicted molar refractivity (Wildman–Crippen MR) is 96.7 cm³/mol. The highest BCUT2D eigenvalue weighted by molar-refractivity contribution is 5.82. The zero-order valence-corrected chi connectivity index (χ0v) is 15.8. The van der Waals surface area contributed by atoms with Crippen LogP contribution in [-0.4, -0.2) is 73.0 Å². The summed E-state index contributed by atoms with van der Waals surface area (Å²) >= 11 is 0. The van der Waals surface area contributed by atoms with Gasteiger partial charge in [-0.25, -0.2) is 9.48 Å². The lowest BCUT2D eigenvalue weighted by molar-refractivity contribution is -0.165. The molecule has 1 unspecified atom stereocenters. The Hall–Kier alpha value is -3.01. The molecule has 1 atom stereocenters. The summed E-state index contributed by atoms with van der Waals surface area (Å²) < 4.78 is 6.72. The molecular formula is C18H23N5O5. The second kappa shape index (κ2) is 7.93. The highest BCUT2D eigenvalue weighted by Gasteiger charge is 2.41. The Bertz CT molecular complexity index is 860. The monoisotopic (exact) mass is 389 g/mol. The Balaban J connectivity index is 1.82. The van der Waals surface area contributed by atoms with Crippen molar-refractivity contribution in [2.45, 2.75) is 37.8 Å². The van der Waals surface area contributed by atoms with Crippen LogP contribution in [0.3, 0.4) is 0 Å². The minimum atomic E-state index is -1.79. The number of carbonyl (C=O) groups is 2.